The van der Waals surface area contributed by atoms with Gasteiger partial charge in [0.05, 0.1) is 0 Å². The quantitative estimate of drug-likeness (QED) is 0.607. The molecule has 0 atom stereocenters. The summed E-state index contributed by atoms with van der Waals surface area (Å²) in [4.78, 5) is 0.522. The minimum Gasteiger partial charge on any atom is -0.371 e. The molecule has 1 heterocycles. The number of tetrazole rings is 1. The van der Waals surface area contributed by atoms with Crippen molar-refractivity contribution in [3.63, 3.8) is 0 Å². The van der Waals surface area contributed by atoms with E-state index < -0.39 is 0 Å². The third kappa shape index (κ3) is 2.23. The van der Waals surface area contributed by atoms with Gasteiger partial charge in [0, 0.05) is 6.04 Å². The van der Waals surface area contributed by atoms with Gasteiger partial charge >= 0.3 is 0 Å². The SMILES string of the molecule is CC(C)NC(=S)c1nn[nH]n1. The molecule has 0 amide bonds. The Hall–Kier alpha value is -1.04. The van der Waals surface area contributed by atoms with Crippen molar-refractivity contribution in [2.75, 3.05) is 0 Å². The predicted octanol–water partition coefficient (Wildman–Crippen LogP) is -0.127. The van der Waals surface area contributed by atoms with Crippen molar-refractivity contribution in [1.82, 2.24) is 25.9 Å². The second-order valence-corrected chi connectivity index (χ2v) is 2.77. The van der Waals surface area contributed by atoms with E-state index in [2.05, 4.69) is 25.9 Å². The van der Waals surface area contributed by atoms with Gasteiger partial charge in [-0.2, -0.15) is 5.21 Å². The molecular formula is C5H9N5S. The van der Waals surface area contributed by atoms with Crippen molar-refractivity contribution in [2.45, 2.75) is 19.9 Å². The monoisotopic (exact) mass is 171 g/mol. The van der Waals surface area contributed by atoms with Gasteiger partial charge in [0.25, 0.3) is 0 Å². The number of thiocarbonyl (C=S) groups is 1. The fourth-order valence-electron chi connectivity index (χ4n) is 0.585. The van der Waals surface area contributed by atoms with Gasteiger partial charge in [-0.3, -0.25) is 0 Å². The average molecular weight is 171 g/mol. The summed E-state index contributed by atoms with van der Waals surface area (Å²) in [7, 11) is 0. The molecule has 0 aliphatic heterocycles. The van der Waals surface area contributed by atoms with Crippen LogP contribution < -0.4 is 5.32 Å². The van der Waals surface area contributed by atoms with Crippen molar-refractivity contribution >= 4 is 17.2 Å². The van der Waals surface area contributed by atoms with Crippen LogP contribution in [0.5, 0.6) is 0 Å². The summed E-state index contributed by atoms with van der Waals surface area (Å²) in [5.41, 5.74) is 0. The molecule has 0 radical (unpaired) electrons. The molecule has 0 spiro atoms. The molecule has 0 saturated heterocycles. The Morgan fingerprint density at radius 1 is 1.64 bits per heavy atom. The largest absolute Gasteiger partial charge is 0.371 e. The van der Waals surface area contributed by atoms with E-state index in [0.29, 0.717) is 16.9 Å². The summed E-state index contributed by atoms with van der Waals surface area (Å²) in [6.45, 7) is 3.98. The van der Waals surface area contributed by atoms with E-state index in [9.17, 15) is 0 Å². The molecule has 0 aliphatic rings. The summed E-state index contributed by atoms with van der Waals surface area (Å²) in [5.74, 6) is 0.439. The lowest BCUT2D eigenvalue weighted by atomic mass is 10.4. The Morgan fingerprint density at radius 3 is 2.82 bits per heavy atom. The van der Waals surface area contributed by atoms with Crippen molar-refractivity contribution in [3.8, 4) is 0 Å². The van der Waals surface area contributed by atoms with E-state index in [1.54, 1.807) is 0 Å². The van der Waals surface area contributed by atoms with Crippen LogP contribution in [0.3, 0.4) is 0 Å². The van der Waals surface area contributed by atoms with Crippen LogP contribution in [-0.2, 0) is 0 Å². The minimum atomic E-state index is 0.293. The van der Waals surface area contributed by atoms with E-state index in [1.165, 1.54) is 0 Å². The van der Waals surface area contributed by atoms with Gasteiger partial charge in [0.15, 0.2) is 0 Å². The Bertz CT molecular complexity index is 229. The van der Waals surface area contributed by atoms with Crippen LogP contribution in [0.25, 0.3) is 0 Å². The Labute approximate surface area is 69.6 Å². The highest BCUT2D eigenvalue weighted by Gasteiger charge is 2.05. The Balaban J connectivity index is 2.57. The maximum atomic E-state index is 4.95. The van der Waals surface area contributed by atoms with E-state index in [0.717, 1.165) is 0 Å². The first-order valence-corrected chi connectivity index (χ1v) is 3.65. The third-order valence-electron chi connectivity index (χ3n) is 0.968. The van der Waals surface area contributed by atoms with Crippen LogP contribution >= 0.6 is 12.2 Å². The normalized spacial score (nSPS) is 10.1. The summed E-state index contributed by atoms with van der Waals surface area (Å²) in [6, 6.07) is 0.293. The molecular weight excluding hydrogens is 162 g/mol. The molecule has 1 aromatic rings. The number of aromatic nitrogens is 4. The molecule has 1 rings (SSSR count). The molecule has 5 nitrogen and oxygen atoms in total. The fourth-order valence-corrected chi connectivity index (χ4v) is 0.907. The molecule has 1 aromatic heterocycles. The third-order valence-corrected chi connectivity index (χ3v) is 1.27. The zero-order valence-corrected chi connectivity index (χ0v) is 7.14. The van der Waals surface area contributed by atoms with Gasteiger partial charge < -0.3 is 5.32 Å². The topological polar surface area (TPSA) is 66.5 Å². The number of H-pyrrole nitrogens is 1. The first-order valence-electron chi connectivity index (χ1n) is 3.24. The number of hydrogen-bond donors (Lipinski definition) is 2. The predicted molar refractivity (Wildman–Crippen MR) is 44.1 cm³/mol. The van der Waals surface area contributed by atoms with Gasteiger partial charge in [-0.25, -0.2) is 0 Å². The summed E-state index contributed by atoms with van der Waals surface area (Å²) >= 11 is 4.95. The lowest BCUT2D eigenvalue weighted by Gasteiger charge is -2.06. The smallest absolute Gasteiger partial charge is 0.231 e. The van der Waals surface area contributed by atoms with E-state index in [4.69, 9.17) is 12.2 Å². The highest BCUT2D eigenvalue weighted by molar-refractivity contribution is 7.80. The number of nitrogens with zero attached hydrogens (tertiary/aromatic N) is 3. The molecule has 2 N–H and O–H groups in total. The lowest BCUT2D eigenvalue weighted by Crippen LogP contribution is -2.30. The maximum Gasteiger partial charge on any atom is 0.231 e. The van der Waals surface area contributed by atoms with Gasteiger partial charge in [-0.05, 0) is 19.1 Å². The van der Waals surface area contributed by atoms with E-state index in [-0.39, 0.29) is 0 Å². The standard InChI is InChI=1S/C5H9N5S/c1-3(2)6-5(11)4-7-9-10-8-4/h3H,1-2H3,(H,6,11)(H,7,8,9,10). The maximum absolute atomic E-state index is 4.95. The molecule has 0 unspecified atom stereocenters. The summed E-state index contributed by atoms with van der Waals surface area (Å²) in [5, 5.41) is 16.1. The van der Waals surface area contributed by atoms with Crippen molar-refractivity contribution < 1.29 is 0 Å². The van der Waals surface area contributed by atoms with Crippen LogP contribution in [0.2, 0.25) is 0 Å². The second-order valence-electron chi connectivity index (χ2n) is 2.36. The zero-order chi connectivity index (χ0) is 8.27. The highest BCUT2D eigenvalue weighted by Crippen LogP contribution is 1.87. The van der Waals surface area contributed by atoms with E-state index in [1.807, 2.05) is 13.8 Å². The molecule has 0 bridgehead atoms. The number of nitrogens with one attached hydrogen (secondary N) is 2. The molecule has 0 fully saturated rings. The Kier molecular flexibility index (Phi) is 2.48. The summed E-state index contributed by atoms with van der Waals surface area (Å²) in [6.07, 6.45) is 0. The van der Waals surface area contributed by atoms with Gasteiger partial charge in [0.1, 0.15) is 4.99 Å². The average Bonchev–Trinajstić information content (AvgIpc) is 2.35. The summed E-state index contributed by atoms with van der Waals surface area (Å²) < 4.78 is 0. The van der Waals surface area contributed by atoms with Gasteiger partial charge in [0.2, 0.25) is 5.82 Å². The highest BCUT2D eigenvalue weighted by atomic mass is 32.1. The van der Waals surface area contributed by atoms with Crippen LogP contribution in [0.1, 0.15) is 19.7 Å². The molecule has 11 heavy (non-hydrogen) atoms. The van der Waals surface area contributed by atoms with Crippen molar-refractivity contribution in [1.29, 1.82) is 0 Å². The first kappa shape index (κ1) is 8.06. The molecule has 0 aromatic carbocycles. The van der Waals surface area contributed by atoms with Crippen LogP contribution in [-0.4, -0.2) is 31.7 Å². The number of aromatic amines is 1. The Morgan fingerprint density at radius 2 is 2.36 bits per heavy atom. The lowest BCUT2D eigenvalue weighted by molar-refractivity contribution is 0.737. The molecule has 60 valence electrons. The first-order chi connectivity index (χ1) is 5.20. The van der Waals surface area contributed by atoms with Crippen molar-refractivity contribution in [2.24, 2.45) is 0 Å². The minimum absolute atomic E-state index is 0.293. The van der Waals surface area contributed by atoms with Crippen LogP contribution in [0.4, 0.5) is 0 Å². The zero-order valence-electron chi connectivity index (χ0n) is 6.33. The van der Waals surface area contributed by atoms with Crippen molar-refractivity contribution in [3.05, 3.63) is 5.82 Å². The molecule has 0 aliphatic carbocycles. The molecule has 0 saturated carbocycles. The number of rotatable bonds is 2. The van der Waals surface area contributed by atoms with Gasteiger partial charge in [-0.1, -0.05) is 12.2 Å². The fraction of sp³-hybridized carbons (Fsp3) is 0.600. The van der Waals surface area contributed by atoms with Crippen LogP contribution in [0, 0.1) is 0 Å². The number of hydrogen-bond acceptors (Lipinski definition) is 4. The molecule has 6 heteroatoms. The van der Waals surface area contributed by atoms with Gasteiger partial charge in [-0.15, -0.1) is 10.2 Å². The van der Waals surface area contributed by atoms with Crippen LogP contribution in [0.15, 0.2) is 0 Å². The van der Waals surface area contributed by atoms with E-state index >= 15 is 0 Å². The second kappa shape index (κ2) is 3.38.